The van der Waals surface area contributed by atoms with Crippen molar-refractivity contribution in [3.05, 3.63) is 71.6 Å². The third-order valence-corrected chi connectivity index (χ3v) is 3.83. The average Bonchev–Trinajstić information content (AvgIpc) is 2.57. The molecule has 0 radical (unpaired) electrons. The lowest BCUT2D eigenvalue weighted by atomic mass is 9.91. The molecular formula is C17H15N3O2S. The van der Waals surface area contributed by atoms with Crippen LogP contribution in [0.3, 0.4) is 0 Å². The fourth-order valence-electron chi connectivity index (χ4n) is 2.64. The molecule has 1 aromatic carbocycles. The quantitative estimate of drug-likeness (QED) is 0.750. The molecule has 0 saturated carbocycles. The molecule has 23 heavy (non-hydrogen) atoms. The van der Waals surface area contributed by atoms with Crippen molar-refractivity contribution in [1.82, 2.24) is 15.6 Å². The van der Waals surface area contributed by atoms with Gasteiger partial charge in [-0.1, -0.05) is 36.4 Å². The molecule has 6 heteroatoms. The molecule has 1 aliphatic heterocycles. The zero-order chi connectivity index (χ0) is 16.2. The van der Waals surface area contributed by atoms with Crippen LogP contribution in [0.25, 0.3) is 5.70 Å². The molecule has 1 aliphatic rings. The number of carboxylic acid groups (broad SMARTS) is 1. The minimum absolute atomic E-state index is 0.0909. The van der Waals surface area contributed by atoms with Gasteiger partial charge in [0.25, 0.3) is 0 Å². The SMILES string of the molecule is O=C(O)CC1=C(c2ccccc2)NC(=S)NC1c1cccnc1. The van der Waals surface area contributed by atoms with E-state index in [0.717, 1.165) is 22.4 Å². The second kappa shape index (κ2) is 6.58. The van der Waals surface area contributed by atoms with Crippen molar-refractivity contribution >= 4 is 29.0 Å². The Morgan fingerprint density at radius 3 is 2.65 bits per heavy atom. The number of benzene rings is 1. The molecule has 2 aromatic rings. The number of nitrogens with zero attached hydrogens (tertiary/aromatic N) is 1. The number of carbonyl (C=O) groups is 1. The van der Waals surface area contributed by atoms with E-state index in [0.29, 0.717) is 5.11 Å². The van der Waals surface area contributed by atoms with Gasteiger partial charge in [0, 0.05) is 18.1 Å². The highest BCUT2D eigenvalue weighted by molar-refractivity contribution is 7.80. The molecule has 0 aliphatic carbocycles. The van der Waals surface area contributed by atoms with Gasteiger partial charge in [-0.3, -0.25) is 9.78 Å². The topological polar surface area (TPSA) is 74.2 Å². The van der Waals surface area contributed by atoms with E-state index in [4.69, 9.17) is 12.2 Å². The largest absolute Gasteiger partial charge is 0.481 e. The highest BCUT2D eigenvalue weighted by atomic mass is 32.1. The van der Waals surface area contributed by atoms with Crippen molar-refractivity contribution in [2.24, 2.45) is 0 Å². The Kier molecular flexibility index (Phi) is 4.34. The maximum atomic E-state index is 11.4. The minimum atomic E-state index is -0.890. The van der Waals surface area contributed by atoms with E-state index >= 15 is 0 Å². The number of carboxylic acids is 1. The van der Waals surface area contributed by atoms with Crippen LogP contribution in [-0.4, -0.2) is 21.2 Å². The lowest BCUT2D eigenvalue weighted by Crippen LogP contribution is -2.43. The third kappa shape index (κ3) is 3.37. The number of aliphatic carboxylic acids is 1. The van der Waals surface area contributed by atoms with Gasteiger partial charge in [-0.25, -0.2) is 0 Å². The Hall–Kier alpha value is -2.73. The second-order valence-corrected chi connectivity index (χ2v) is 5.56. The molecular weight excluding hydrogens is 310 g/mol. The molecule has 5 nitrogen and oxygen atoms in total. The van der Waals surface area contributed by atoms with Crippen LogP contribution < -0.4 is 10.6 Å². The molecule has 1 unspecified atom stereocenters. The van der Waals surface area contributed by atoms with Crippen LogP contribution in [0.2, 0.25) is 0 Å². The Labute approximate surface area is 139 Å². The number of hydrogen-bond acceptors (Lipinski definition) is 3. The van der Waals surface area contributed by atoms with E-state index in [9.17, 15) is 9.90 Å². The molecule has 2 heterocycles. The van der Waals surface area contributed by atoms with E-state index in [-0.39, 0.29) is 12.5 Å². The van der Waals surface area contributed by atoms with Gasteiger partial charge in [-0.15, -0.1) is 0 Å². The summed E-state index contributed by atoms with van der Waals surface area (Å²) in [7, 11) is 0. The van der Waals surface area contributed by atoms with Crippen LogP contribution in [0.4, 0.5) is 0 Å². The van der Waals surface area contributed by atoms with Crippen molar-refractivity contribution in [1.29, 1.82) is 0 Å². The van der Waals surface area contributed by atoms with E-state index in [1.54, 1.807) is 12.4 Å². The van der Waals surface area contributed by atoms with E-state index in [1.807, 2.05) is 42.5 Å². The Morgan fingerprint density at radius 2 is 2.00 bits per heavy atom. The standard InChI is InChI=1S/C17H15N3O2S/c21-14(22)9-13-15(11-5-2-1-3-6-11)19-17(23)20-16(13)12-7-4-8-18-10-12/h1-8,10,16H,9H2,(H,21,22)(H2,19,20,23). The van der Waals surface area contributed by atoms with Gasteiger partial charge in [0.2, 0.25) is 0 Å². The van der Waals surface area contributed by atoms with Gasteiger partial charge >= 0.3 is 5.97 Å². The lowest BCUT2D eigenvalue weighted by Gasteiger charge is -2.31. The zero-order valence-corrected chi connectivity index (χ0v) is 13.0. The van der Waals surface area contributed by atoms with E-state index < -0.39 is 5.97 Å². The monoisotopic (exact) mass is 325 g/mol. The molecule has 0 saturated heterocycles. The van der Waals surface area contributed by atoms with Crippen molar-refractivity contribution < 1.29 is 9.90 Å². The zero-order valence-electron chi connectivity index (χ0n) is 12.2. The average molecular weight is 325 g/mol. The summed E-state index contributed by atoms with van der Waals surface area (Å²) in [5.74, 6) is -0.890. The number of thiocarbonyl (C=S) groups is 1. The smallest absolute Gasteiger partial charge is 0.307 e. The van der Waals surface area contributed by atoms with Crippen LogP contribution in [0, 0.1) is 0 Å². The Bertz CT molecular complexity index is 760. The molecule has 0 spiro atoms. The number of nitrogens with one attached hydrogen (secondary N) is 2. The fourth-order valence-corrected chi connectivity index (χ4v) is 2.86. The first kappa shape index (κ1) is 15.2. The number of hydrogen-bond donors (Lipinski definition) is 3. The van der Waals surface area contributed by atoms with Crippen LogP contribution in [0.15, 0.2) is 60.4 Å². The van der Waals surface area contributed by atoms with Gasteiger partial charge < -0.3 is 15.7 Å². The molecule has 0 bridgehead atoms. The number of pyridine rings is 1. The van der Waals surface area contributed by atoms with Crippen molar-refractivity contribution in [3.8, 4) is 0 Å². The first-order valence-corrected chi connectivity index (χ1v) is 7.53. The van der Waals surface area contributed by atoms with E-state index in [1.165, 1.54) is 0 Å². The van der Waals surface area contributed by atoms with Crippen LogP contribution in [0.5, 0.6) is 0 Å². The second-order valence-electron chi connectivity index (χ2n) is 5.15. The van der Waals surface area contributed by atoms with Gasteiger partial charge in [0.05, 0.1) is 12.5 Å². The van der Waals surface area contributed by atoms with Crippen LogP contribution in [0.1, 0.15) is 23.6 Å². The summed E-state index contributed by atoms with van der Waals surface area (Å²) in [4.78, 5) is 15.5. The van der Waals surface area contributed by atoms with Gasteiger partial charge in [-0.2, -0.15) is 0 Å². The van der Waals surface area contributed by atoms with Crippen molar-refractivity contribution in [2.75, 3.05) is 0 Å². The summed E-state index contributed by atoms with van der Waals surface area (Å²) in [5.41, 5.74) is 3.25. The first-order valence-electron chi connectivity index (χ1n) is 7.13. The third-order valence-electron chi connectivity index (χ3n) is 3.61. The van der Waals surface area contributed by atoms with Crippen LogP contribution in [-0.2, 0) is 4.79 Å². The van der Waals surface area contributed by atoms with Crippen molar-refractivity contribution in [2.45, 2.75) is 12.5 Å². The molecule has 1 atom stereocenters. The summed E-state index contributed by atoms with van der Waals surface area (Å²) in [6.45, 7) is 0. The Morgan fingerprint density at radius 1 is 1.22 bits per heavy atom. The van der Waals surface area contributed by atoms with Gasteiger partial charge in [-0.05, 0) is 35.0 Å². The molecule has 0 fully saturated rings. The maximum Gasteiger partial charge on any atom is 0.307 e. The highest BCUT2D eigenvalue weighted by Gasteiger charge is 2.28. The molecule has 1 aromatic heterocycles. The van der Waals surface area contributed by atoms with Gasteiger partial charge in [0.15, 0.2) is 5.11 Å². The highest BCUT2D eigenvalue weighted by Crippen LogP contribution is 2.32. The molecule has 3 N–H and O–H groups in total. The molecule has 116 valence electrons. The van der Waals surface area contributed by atoms with Crippen molar-refractivity contribution in [3.63, 3.8) is 0 Å². The van der Waals surface area contributed by atoms with E-state index in [2.05, 4.69) is 15.6 Å². The maximum absolute atomic E-state index is 11.4. The predicted molar refractivity (Wildman–Crippen MR) is 91.5 cm³/mol. The van der Waals surface area contributed by atoms with Gasteiger partial charge in [0.1, 0.15) is 0 Å². The molecule has 3 rings (SSSR count). The Balaban J connectivity index is 2.14. The molecule has 0 amide bonds. The summed E-state index contributed by atoms with van der Waals surface area (Å²) in [5, 5.41) is 16.0. The first-order chi connectivity index (χ1) is 11.1. The fraction of sp³-hybridized carbons (Fsp3) is 0.118. The normalized spacial score (nSPS) is 17.4. The van der Waals surface area contributed by atoms with Crippen LogP contribution >= 0.6 is 12.2 Å². The number of rotatable bonds is 4. The summed E-state index contributed by atoms with van der Waals surface area (Å²) < 4.78 is 0. The lowest BCUT2D eigenvalue weighted by molar-refractivity contribution is -0.136. The summed E-state index contributed by atoms with van der Waals surface area (Å²) in [6, 6.07) is 13.0. The number of aromatic nitrogens is 1. The minimum Gasteiger partial charge on any atom is -0.481 e. The summed E-state index contributed by atoms with van der Waals surface area (Å²) in [6.07, 6.45) is 3.31. The predicted octanol–water partition coefficient (Wildman–Crippen LogP) is 2.49. The summed E-state index contributed by atoms with van der Waals surface area (Å²) >= 11 is 5.30.